The van der Waals surface area contributed by atoms with Gasteiger partial charge in [0.05, 0.1) is 16.9 Å². The number of carbonyl (C=O) groups excluding carboxylic acids is 1. The lowest BCUT2D eigenvalue weighted by atomic mass is 9.77. The molecule has 1 amide bonds. The fraction of sp³-hybridized carbons (Fsp3) is 0.533. The molecule has 0 spiro atoms. The standard InChI is InChI=1S/C15H22BN3O5S/c20-15(19-8-4-7-14(19)16(21)22)13-9-11(10-17-13)18-25(23,24)12-5-2-1-3-6-12/h1-3,5-6,11,13-14,17-18,21-22H,4,7-10H2/t11-,13?,14+/m1/s1. The molecule has 25 heavy (non-hydrogen) atoms. The number of nitrogens with one attached hydrogen (secondary N) is 2. The molecule has 0 saturated carbocycles. The number of amides is 1. The SMILES string of the molecule is O=C(C1C[C@@H](NS(=O)(=O)c2ccccc2)CN1)N1CCC[C@H]1B(O)O. The Bertz CT molecular complexity index is 715. The van der Waals surface area contributed by atoms with Crippen molar-refractivity contribution < 1.29 is 23.3 Å². The summed E-state index contributed by atoms with van der Waals surface area (Å²) in [6.45, 7) is 0.836. The van der Waals surface area contributed by atoms with E-state index in [4.69, 9.17) is 0 Å². The number of likely N-dealkylation sites (tertiary alicyclic amines) is 1. The van der Waals surface area contributed by atoms with Crippen LogP contribution in [0.1, 0.15) is 19.3 Å². The molecule has 0 aliphatic carbocycles. The summed E-state index contributed by atoms with van der Waals surface area (Å²) in [5.74, 6) is -0.800. The second-order valence-electron chi connectivity index (χ2n) is 6.48. The van der Waals surface area contributed by atoms with Crippen molar-refractivity contribution in [1.29, 1.82) is 0 Å². The second kappa shape index (κ2) is 7.42. The van der Waals surface area contributed by atoms with Crippen LogP contribution in [0.3, 0.4) is 0 Å². The molecule has 1 aromatic rings. The zero-order chi connectivity index (χ0) is 18.0. The summed E-state index contributed by atoms with van der Waals surface area (Å²) in [4.78, 5) is 14.3. The van der Waals surface area contributed by atoms with Gasteiger partial charge in [-0.15, -0.1) is 0 Å². The number of nitrogens with zero attached hydrogens (tertiary/aromatic N) is 1. The topological polar surface area (TPSA) is 119 Å². The van der Waals surface area contributed by atoms with E-state index < -0.39 is 29.1 Å². The molecule has 2 aliphatic rings. The van der Waals surface area contributed by atoms with Gasteiger partial charge in [0.1, 0.15) is 0 Å². The molecular formula is C15H22BN3O5S. The zero-order valence-electron chi connectivity index (χ0n) is 13.7. The molecule has 3 atom stereocenters. The van der Waals surface area contributed by atoms with Gasteiger partial charge < -0.3 is 20.3 Å². The third-order valence-electron chi connectivity index (χ3n) is 4.73. The average molecular weight is 367 g/mol. The molecule has 2 heterocycles. The Morgan fingerprint density at radius 3 is 2.68 bits per heavy atom. The lowest BCUT2D eigenvalue weighted by molar-refractivity contribution is -0.133. The molecular weight excluding hydrogens is 345 g/mol. The van der Waals surface area contributed by atoms with Crippen molar-refractivity contribution in [2.45, 2.75) is 42.2 Å². The van der Waals surface area contributed by atoms with Gasteiger partial charge >= 0.3 is 7.12 Å². The smallest absolute Gasteiger partial charge is 0.426 e. The van der Waals surface area contributed by atoms with Crippen LogP contribution in [0.15, 0.2) is 35.2 Å². The van der Waals surface area contributed by atoms with Crippen LogP contribution in [0.25, 0.3) is 0 Å². The van der Waals surface area contributed by atoms with E-state index in [0.29, 0.717) is 25.9 Å². The fourth-order valence-electron chi connectivity index (χ4n) is 3.48. The summed E-state index contributed by atoms with van der Waals surface area (Å²) in [5, 5.41) is 21.8. The van der Waals surface area contributed by atoms with E-state index in [1.54, 1.807) is 18.2 Å². The minimum atomic E-state index is -3.63. The van der Waals surface area contributed by atoms with Crippen LogP contribution in [0.5, 0.6) is 0 Å². The minimum Gasteiger partial charge on any atom is -0.426 e. The molecule has 3 rings (SSSR count). The summed E-state index contributed by atoms with van der Waals surface area (Å²) in [6, 6.07) is 7.17. The third-order valence-corrected chi connectivity index (χ3v) is 6.27. The Labute approximate surface area is 147 Å². The maximum absolute atomic E-state index is 12.6. The molecule has 0 bridgehead atoms. The van der Waals surface area contributed by atoms with Crippen molar-refractivity contribution in [3.8, 4) is 0 Å². The summed E-state index contributed by atoms with van der Waals surface area (Å²) in [6.07, 6.45) is 1.61. The number of carbonyl (C=O) groups is 1. The molecule has 2 aliphatic heterocycles. The fourth-order valence-corrected chi connectivity index (χ4v) is 4.75. The highest BCUT2D eigenvalue weighted by Gasteiger charge is 2.41. The Hall–Kier alpha value is -1.46. The van der Waals surface area contributed by atoms with Crippen molar-refractivity contribution in [3.05, 3.63) is 30.3 Å². The van der Waals surface area contributed by atoms with E-state index >= 15 is 0 Å². The van der Waals surface area contributed by atoms with Crippen LogP contribution < -0.4 is 10.0 Å². The van der Waals surface area contributed by atoms with Crippen LogP contribution in [-0.4, -0.2) is 67.5 Å². The Balaban J connectivity index is 1.61. The van der Waals surface area contributed by atoms with Crippen LogP contribution in [0.2, 0.25) is 0 Å². The summed E-state index contributed by atoms with van der Waals surface area (Å²) in [5.41, 5.74) is 0. The van der Waals surface area contributed by atoms with Gasteiger partial charge in [-0.1, -0.05) is 18.2 Å². The van der Waals surface area contributed by atoms with E-state index in [0.717, 1.165) is 6.42 Å². The summed E-state index contributed by atoms with van der Waals surface area (Å²) >= 11 is 0. The van der Waals surface area contributed by atoms with Crippen molar-refractivity contribution in [2.75, 3.05) is 13.1 Å². The lowest BCUT2D eigenvalue weighted by Crippen LogP contribution is -2.51. The maximum atomic E-state index is 12.6. The van der Waals surface area contributed by atoms with Crippen LogP contribution in [-0.2, 0) is 14.8 Å². The quantitative estimate of drug-likeness (QED) is 0.481. The first-order valence-corrected chi connectivity index (χ1v) is 9.84. The van der Waals surface area contributed by atoms with Gasteiger partial charge in [0.25, 0.3) is 0 Å². The highest BCUT2D eigenvalue weighted by Crippen LogP contribution is 2.22. The monoisotopic (exact) mass is 367 g/mol. The van der Waals surface area contributed by atoms with Gasteiger partial charge in [0, 0.05) is 19.1 Å². The second-order valence-corrected chi connectivity index (χ2v) is 8.20. The van der Waals surface area contributed by atoms with Gasteiger partial charge in [0.2, 0.25) is 15.9 Å². The highest BCUT2D eigenvalue weighted by atomic mass is 32.2. The van der Waals surface area contributed by atoms with Crippen LogP contribution in [0.4, 0.5) is 0 Å². The van der Waals surface area contributed by atoms with Gasteiger partial charge in [-0.2, -0.15) is 0 Å². The average Bonchev–Trinajstić information content (AvgIpc) is 3.24. The number of rotatable bonds is 5. The molecule has 0 aromatic heterocycles. The maximum Gasteiger partial charge on any atom is 0.475 e. The lowest BCUT2D eigenvalue weighted by Gasteiger charge is -2.26. The van der Waals surface area contributed by atoms with Crippen molar-refractivity contribution in [3.63, 3.8) is 0 Å². The predicted octanol–water partition coefficient (Wildman–Crippen LogP) is -1.30. The Kier molecular flexibility index (Phi) is 5.45. The molecule has 4 N–H and O–H groups in total. The van der Waals surface area contributed by atoms with Gasteiger partial charge in [-0.25, -0.2) is 13.1 Å². The molecule has 1 unspecified atom stereocenters. The first kappa shape index (κ1) is 18.3. The molecule has 2 saturated heterocycles. The number of sulfonamides is 1. The number of benzene rings is 1. The molecule has 0 radical (unpaired) electrons. The molecule has 8 nitrogen and oxygen atoms in total. The van der Waals surface area contributed by atoms with Crippen LogP contribution in [0, 0.1) is 0 Å². The normalized spacial score (nSPS) is 26.8. The predicted molar refractivity (Wildman–Crippen MR) is 91.9 cm³/mol. The number of hydrogen-bond donors (Lipinski definition) is 4. The highest BCUT2D eigenvalue weighted by molar-refractivity contribution is 7.89. The van der Waals surface area contributed by atoms with Crippen molar-refractivity contribution in [2.24, 2.45) is 0 Å². The summed E-state index contributed by atoms with van der Waals surface area (Å²) in [7, 11) is -5.19. The van der Waals surface area contributed by atoms with E-state index in [9.17, 15) is 23.3 Å². The summed E-state index contributed by atoms with van der Waals surface area (Å²) < 4.78 is 27.3. The van der Waals surface area contributed by atoms with E-state index in [1.165, 1.54) is 17.0 Å². The van der Waals surface area contributed by atoms with E-state index in [-0.39, 0.29) is 16.8 Å². The first-order valence-electron chi connectivity index (χ1n) is 8.36. The third kappa shape index (κ3) is 4.04. The zero-order valence-corrected chi connectivity index (χ0v) is 14.5. The molecule has 136 valence electrons. The van der Waals surface area contributed by atoms with Crippen LogP contribution >= 0.6 is 0 Å². The molecule has 10 heteroatoms. The van der Waals surface area contributed by atoms with Crippen molar-refractivity contribution in [1.82, 2.24) is 14.9 Å². The van der Waals surface area contributed by atoms with E-state index in [1.807, 2.05) is 0 Å². The van der Waals surface area contributed by atoms with Crippen molar-refractivity contribution >= 4 is 23.0 Å². The first-order chi connectivity index (χ1) is 11.9. The Morgan fingerprint density at radius 1 is 1.28 bits per heavy atom. The van der Waals surface area contributed by atoms with Gasteiger partial charge in [0.15, 0.2) is 0 Å². The molecule has 2 fully saturated rings. The van der Waals surface area contributed by atoms with Gasteiger partial charge in [-0.05, 0) is 31.4 Å². The largest absolute Gasteiger partial charge is 0.475 e. The van der Waals surface area contributed by atoms with Gasteiger partial charge in [-0.3, -0.25) is 4.79 Å². The number of hydrogen-bond acceptors (Lipinski definition) is 6. The Morgan fingerprint density at radius 2 is 2.00 bits per heavy atom. The van der Waals surface area contributed by atoms with E-state index in [2.05, 4.69) is 10.0 Å². The minimum absolute atomic E-state index is 0.188. The molecule has 1 aromatic carbocycles.